The molecule has 0 spiro atoms. The summed E-state index contributed by atoms with van der Waals surface area (Å²) in [6, 6.07) is 15.6. The standard InChI is InChI=1S/C24H27BrN4O4S/c1-4-34-24-27-20(13-25)21(33-23(26)30)22(28-24)29(14-16-5-9-18(31-2)10-6-16)15-17-7-11-19(32-3)12-8-17/h5-12H,4,13-15H2,1-3H3,(H2,26,30). The predicted molar refractivity (Wildman–Crippen MR) is 137 cm³/mol. The minimum atomic E-state index is -0.920. The number of nitrogens with two attached hydrogens (primary N) is 1. The van der Waals surface area contributed by atoms with Gasteiger partial charge in [-0.25, -0.2) is 14.8 Å². The van der Waals surface area contributed by atoms with Gasteiger partial charge < -0.3 is 24.8 Å². The van der Waals surface area contributed by atoms with E-state index in [1.807, 2.05) is 60.4 Å². The van der Waals surface area contributed by atoms with Gasteiger partial charge in [-0.3, -0.25) is 0 Å². The number of primary amides is 1. The van der Waals surface area contributed by atoms with Crippen LogP contribution in [0, 0.1) is 0 Å². The van der Waals surface area contributed by atoms with Crippen molar-refractivity contribution in [3.8, 4) is 17.2 Å². The van der Waals surface area contributed by atoms with Crippen LogP contribution < -0.4 is 24.8 Å². The van der Waals surface area contributed by atoms with E-state index in [0.29, 0.717) is 35.1 Å². The van der Waals surface area contributed by atoms with Crippen LogP contribution in [0.2, 0.25) is 0 Å². The first kappa shape index (κ1) is 25.6. The molecule has 180 valence electrons. The van der Waals surface area contributed by atoms with Gasteiger partial charge >= 0.3 is 6.09 Å². The molecule has 1 aromatic heterocycles. The molecule has 34 heavy (non-hydrogen) atoms. The summed E-state index contributed by atoms with van der Waals surface area (Å²) in [7, 11) is 3.27. The number of anilines is 1. The number of amides is 1. The number of thioether (sulfide) groups is 1. The number of methoxy groups -OCH3 is 2. The van der Waals surface area contributed by atoms with Gasteiger partial charge in [0.05, 0.1) is 14.2 Å². The summed E-state index contributed by atoms with van der Waals surface area (Å²) in [5, 5.41) is 0.972. The van der Waals surface area contributed by atoms with Gasteiger partial charge in [-0.1, -0.05) is 58.9 Å². The van der Waals surface area contributed by atoms with Gasteiger partial charge in [0.25, 0.3) is 0 Å². The van der Waals surface area contributed by atoms with E-state index in [4.69, 9.17) is 24.9 Å². The van der Waals surface area contributed by atoms with E-state index < -0.39 is 6.09 Å². The van der Waals surface area contributed by atoms with Crippen LogP contribution in [0.25, 0.3) is 0 Å². The lowest BCUT2D eigenvalue weighted by molar-refractivity contribution is 0.210. The molecule has 0 saturated carbocycles. The zero-order chi connectivity index (χ0) is 24.5. The highest BCUT2D eigenvalue weighted by Gasteiger charge is 2.23. The molecule has 8 nitrogen and oxygen atoms in total. The fourth-order valence-electron chi connectivity index (χ4n) is 3.27. The number of carbonyl (C=O) groups is 1. The molecule has 0 fully saturated rings. The molecule has 3 rings (SSSR count). The van der Waals surface area contributed by atoms with E-state index in [2.05, 4.69) is 20.9 Å². The summed E-state index contributed by atoms with van der Waals surface area (Å²) in [6.45, 7) is 3.03. The van der Waals surface area contributed by atoms with E-state index in [9.17, 15) is 4.79 Å². The summed E-state index contributed by atoms with van der Waals surface area (Å²) in [5.41, 5.74) is 8.01. The third kappa shape index (κ3) is 6.77. The minimum Gasteiger partial charge on any atom is -0.497 e. The molecular weight excluding hydrogens is 520 g/mol. The molecule has 2 aromatic carbocycles. The van der Waals surface area contributed by atoms with E-state index in [1.54, 1.807) is 14.2 Å². The summed E-state index contributed by atoms with van der Waals surface area (Å²) in [5.74, 6) is 3.08. The zero-order valence-electron chi connectivity index (χ0n) is 19.3. The average Bonchev–Trinajstić information content (AvgIpc) is 2.85. The lowest BCUT2D eigenvalue weighted by Crippen LogP contribution is -2.27. The number of halogens is 1. The monoisotopic (exact) mass is 546 g/mol. The Balaban J connectivity index is 2.09. The van der Waals surface area contributed by atoms with Crippen molar-refractivity contribution in [3.05, 3.63) is 65.4 Å². The first-order valence-corrected chi connectivity index (χ1v) is 12.7. The number of hydrogen-bond donors (Lipinski definition) is 1. The van der Waals surface area contributed by atoms with Gasteiger partial charge in [0.15, 0.2) is 16.7 Å². The molecule has 0 saturated heterocycles. The molecule has 0 aliphatic heterocycles. The van der Waals surface area contributed by atoms with Gasteiger partial charge in [-0.15, -0.1) is 0 Å². The Bertz CT molecular complexity index is 1050. The Kier molecular flexibility index (Phi) is 9.41. The van der Waals surface area contributed by atoms with E-state index in [1.165, 1.54) is 11.8 Å². The van der Waals surface area contributed by atoms with Crippen molar-refractivity contribution in [3.63, 3.8) is 0 Å². The quantitative estimate of drug-likeness (QED) is 0.200. The third-order valence-electron chi connectivity index (χ3n) is 4.86. The zero-order valence-corrected chi connectivity index (χ0v) is 21.7. The van der Waals surface area contributed by atoms with Gasteiger partial charge in [0.1, 0.15) is 17.2 Å². The molecule has 2 N–H and O–H groups in total. The number of ether oxygens (including phenoxy) is 3. The minimum absolute atomic E-state index is 0.242. The SMILES string of the molecule is CCSc1nc(CBr)c(OC(N)=O)c(N(Cc2ccc(OC)cc2)Cc2ccc(OC)cc2)n1. The second kappa shape index (κ2) is 12.5. The van der Waals surface area contributed by atoms with Gasteiger partial charge in [-0.2, -0.15) is 0 Å². The maximum absolute atomic E-state index is 11.8. The number of nitrogens with zero attached hydrogens (tertiary/aromatic N) is 3. The van der Waals surface area contributed by atoms with Crippen LogP contribution in [0.5, 0.6) is 17.2 Å². The summed E-state index contributed by atoms with van der Waals surface area (Å²) >= 11 is 4.97. The average molecular weight is 547 g/mol. The molecule has 0 unspecified atom stereocenters. The molecule has 1 heterocycles. The van der Waals surface area contributed by atoms with Crippen LogP contribution in [0.1, 0.15) is 23.7 Å². The number of benzene rings is 2. The Labute approximate surface area is 211 Å². The third-order valence-corrected chi connectivity index (χ3v) is 6.13. The summed E-state index contributed by atoms with van der Waals surface area (Å²) in [4.78, 5) is 23.1. The Morgan fingerprint density at radius 2 is 1.50 bits per heavy atom. The fourth-order valence-corrected chi connectivity index (χ4v) is 4.24. The molecule has 3 aromatic rings. The number of alkyl halides is 1. The highest BCUT2D eigenvalue weighted by molar-refractivity contribution is 9.08. The second-order valence-electron chi connectivity index (χ2n) is 7.15. The fraction of sp³-hybridized carbons (Fsp3) is 0.292. The highest BCUT2D eigenvalue weighted by Crippen LogP contribution is 2.35. The Hall–Kier alpha value is -2.98. The van der Waals surface area contributed by atoms with Gasteiger partial charge in [0, 0.05) is 18.4 Å². The van der Waals surface area contributed by atoms with Crippen LogP contribution in [-0.2, 0) is 18.4 Å². The maximum Gasteiger partial charge on any atom is 0.410 e. The maximum atomic E-state index is 11.8. The van der Waals surface area contributed by atoms with E-state index >= 15 is 0 Å². The number of hydrogen-bond acceptors (Lipinski definition) is 8. The smallest absolute Gasteiger partial charge is 0.410 e. The Morgan fingerprint density at radius 3 is 1.91 bits per heavy atom. The lowest BCUT2D eigenvalue weighted by Gasteiger charge is -2.27. The molecule has 0 radical (unpaired) electrons. The van der Waals surface area contributed by atoms with Crippen LogP contribution in [0.3, 0.4) is 0 Å². The molecule has 10 heteroatoms. The number of rotatable bonds is 11. The number of carbonyl (C=O) groups excluding carboxylic acids is 1. The molecule has 0 atom stereocenters. The van der Waals surface area contributed by atoms with Crippen molar-refractivity contribution in [1.82, 2.24) is 9.97 Å². The molecule has 0 bridgehead atoms. The highest BCUT2D eigenvalue weighted by atomic mass is 79.9. The largest absolute Gasteiger partial charge is 0.497 e. The van der Waals surface area contributed by atoms with Crippen molar-refractivity contribution >= 4 is 39.6 Å². The summed E-state index contributed by atoms with van der Waals surface area (Å²) < 4.78 is 16.0. The van der Waals surface area contributed by atoms with Crippen LogP contribution in [0.4, 0.5) is 10.6 Å². The predicted octanol–water partition coefficient (Wildman–Crippen LogP) is 5.17. The second-order valence-corrected chi connectivity index (χ2v) is 8.94. The van der Waals surface area contributed by atoms with E-state index in [0.717, 1.165) is 28.4 Å². The van der Waals surface area contributed by atoms with Crippen LogP contribution >= 0.6 is 27.7 Å². The van der Waals surface area contributed by atoms with Crippen molar-refractivity contribution in [1.29, 1.82) is 0 Å². The van der Waals surface area contributed by atoms with Gasteiger partial charge in [0.2, 0.25) is 0 Å². The number of aromatic nitrogens is 2. The van der Waals surface area contributed by atoms with Crippen molar-refractivity contribution < 1.29 is 19.0 Å². The van der Waals surface area contributed by atoms with Crippen molar-refractivity contribution in [2.45, 2.75) is 30.5 Å². The van der Waals surface area contributed by atoms with Crippen LogP contribution in [0.15, 0.2) is 53.7 Å². The van der Waals surface area contributed by atoms with Gasteiger partial charge in [-0.05, 0) is 41.1 Å². The molecular formula is C24H27BrN4O4S. The van der Waals surface area contributed by atoms with Crippen molar-refractivity contribution in [2.75, 3.05) is 24.9 Å². The Morgan fingerprint density at radius 1 is 0.971 bits per heavy atom. The first-order valence-electron chi connectivity index (χ1n) is 10.5. The molecule has 0 aliphatic carbocycles. The first-order chi connectivity index (χ1) is 16.5. The molecule has 0 aliphatic rings. The van der Waals surface area contributed by atoms with E-state index in [-0.39, 0.29) is 5.75 Å². The van der Waals surface area contributed by atoms with Crippen LogP contribution in [-0.4, -0.2) is 36.0 Å². The van der Waals surface area contributed by atoms with Crippen molar-refractivity contribution in [2.24, 2.45) is 5.73 Å². The summed E-state index contributed by atoms with van der Waals surface area (Å²) in [6.07, 6.45) is -0.920. The topological polar surface area (TPSA) is 99.8 Å². The lowest BCUT2D eigenvalue weighted by atomic mass is 10.1. The normalized spacial score (nSPS) is 10.6. The molecule has 1 amide bonds.